The number of hydrogen-bond donors (Lipinski definition) is 0. The molecule has 0 N–H and O–H groups in total. The van der Waals surface area contributed by atoms with E-state index < -0.39 is 10.0 Å². The summed E-state index contributed by atoms with van der Waals surface area (Å²) in [6, 6.07) is 0.599. The summed E-state index contributed by atoms with van der Waals surface area (Å²) in [7, 11) is -0.883. The van der Waals surface area contributed by atoms with Crippen LogP contribution in [-0.2, 0) is 10.0 Å². The molecule has 2 saturated heterocycles. The fraction of sp³-hybridized carbons (Fsp3) is 1.00. The smallest absolute Gasteiger partial charge is 0.216 e. The summed E-state index contributed by atoms with van der Waals surface area (Å²) in [4.78, 5) is 2.41. The topological polar surface area (TPSA) is 40.6 Å². The number of piperidine rings is 2. The van der Waals surface area contributed by atoms with Crippen molar-refractivity contribution in [2.24, 2.45) is 5.92 Å². The summed E-state index contributed by atoms with van der Waals surface area (Å²) in [5.74, 6) is 0.538. The third-order valence-electron chi connectivity index (χ3n) is 4.26. The van der Waals surface area contributed by atoms with Gasteiger partial charge in [0, 0.05) is 19.1 Å². The summed E-state index contributed by atoms with van der Waals surface area (Å²) in [6.45, 7) is 6.14. The quantitative estimate of drug-likeness (QED) is 0.747. The van der Waals surface area contributed by atoms with E-state index in [1.165, 1.54) is 12.8 Å². The number of sulfonamides is 1. The predicted molar refractivity (Wildman–Crippen MR) is 69.4 cm³/mol. The summed E-state index contributed by atoms with van der Waals surface area (Å²) in [5, 5.41) is -0.291. The van der Waals surface area contributed by atoms with E-state index in [4.69, 9.17) is 0 Å². The van der Waals surface area contributed by atoms with Crippen molar-refractivity contribution >= 4 is 10.0 Å². The average Bonchev–Trinajstić information content (AvgIpc) is 2.28. The Morgan fingerprint density at radius 1 is 1.18 bits per heavy atom. The van der Waals surface area contributed by atoms with Gasteiger partial charge in [-0.25, -0.2) is 12.7 Å². The number of nitrogens with zero attached hydrogens (tertiary/aromatic N) is 2. The molecule has 0 aromatic heterocycles. The zero-order valence-corrected chi connectivity index (χ0v) is 11.9. The molecule has 100 valence electrons. The van der Waals surface area contributed by atoms with Gasteiger partial charge in [-0.2, -0.15) is 0 Å². The molecular weight excluding hydrogens is 236 g/mol. The molecule has 2 rings (SSSR count). The van der Waals surface area contributed by atoms with Crippen molar-refractivity contribution in [3.8, 4) is 0 Å². The van der Waals surface area contributed by atoms with Gasteiger partial charge in [-0.1, -0.05) is 0 Å². The van der Waals surface area contributed by atoms with E-state index in [-0.39, 0.29) is 5.25 Å². The number of rotatable bonds is 2. The van der Waals surface area contributed by atoms with Crippen LogP contribution in [0, 0.1) is 5.92 Å². The Bertz CT molecular complexity index is 367. The highest BCUT2D eigenvalue weighted by atomic mass is 32.2. The van der Waals surface area contributed by atoms with Crippen LogP contribution in [-0.4, -0.2) is 55.6 Å². The van der Waals surface area contributed by atoms with Crippen LogP contribution in [0.2, 0.25) is 0 Å². The molecule has 0 aliphatic carbocycles. The fourth-order valence-electron chi connectivity index (χ4n) is 3.15. The number of fused-ring (bicyclic) bond motifs is 1. The van der Waals surface area contributed by atoms with Crippen molar-refractivity contribution in [2.75, 3.05) is 26.7 Å². The first-order valence-corrected chi connectivity index (χ1v) is 8.12. The van der Waals surface area contributed by atoms with Gasteiger partial charge >= 0.3 is 0 Å². The van der Waals surface area contributed by atoms with Gasteiger partial charge in [0.1, 0.15) is 0 Å². The van der Waals surface area contributed by atoms with E-state index in [1.54, 1.807) is 18.2 Å². The van der Waals surface area contributed by atoms with E-state index in [0.29, 0.717) is 18.5 Å². The van der Waals surface area contributed by atoms with E-state index in [9.17, 15) is 8.42 Å². The molecule has 2 aliphatic heterocycles. The number of likely N-dealkylation sites (tertiary alicyclic amines) is 1. The first kappa shape index (κ1) is 13.3. The first-order chi connectivity index (χ1) is 7.93. The third kappa shape index (κ3) is 2.51. The normalized spacial score (nSPS) is 32.7. The first-order valence-electron chi connectivity index (χ1n) is 6.62. The van der Waals surface area contributed by atoms with Crippen LogP contribution < -0.4 is 0 Å². The lowest BCUT2D eigenvalue weighted by Crippen LogP contribution is -2.54. The number of hydrogen-bond acceptors (Lipinski definition) is 3. The van der Waals surface area contributed by atoms with Crippen LogP contribution in [0.1, 0.15) is 33.1 Å². The van der Waals surface area contributed by atoms with Crippen LogP contribution in [0.5, 0.6) is 0 Å². The van der Waals surface area contributed by atoms with Gasteiger partial charge < -0.3 is 4.90 Å². The highest BCUT2D eigenvalue weighted by Crippen LogP contribution is 2.31. The molecule has 2 aliphatic rings. The van der Waals surface area contributed by atoms with Gasteiger partial charge in [0.25, 0.3) is 0 Å². The molecule has 0 saturated carbocycles. The second-order valence-electron chi connectivity index (χ2n) is 5.69. The minimum Gasteiger partial charge on any atom is -0.303 e. The summed E-state index contributed by atoms with van der Waals surface area (Å²) in [6.07, 6.45) is 3.37. The Balaban J connectivity index is 2.08. The van der Waals surface area contributed by atoms with Crippen molar-refractivity contribution in [2.45, 2.75) is 44.4 Å². The van der Waals surface area contributed by atoms with E-state index >= 15 is 0 Å². The predicted octanol–water partition coefficient (Wildman–Crippen LogP) is 1.14. The van der Waals surface area contributed by atoms with Crippen molar-refractivity contribution < 1.29 is 8.42 Å². The zero-order chi connectivity index (χ0) is 12.6. The molecule has 0 amide bonds. The molecule has 2 atom stereocenters. The molecule has 0 aromatic rings. The maximum absolute atomic E-state index is 12.2. The van der Waals surface area contributed by atoms with Crippen molar-refractivity contribution in [1.82, 2.24) is 9.21 Å². The van der Waals surface area contributed by atoms with Crippen molar-refractivity contribution in [3.63, 3.8) is 0 Å². The van der Waals surface area contributed by atoms with Crippen LogP contribution >= 0.6 is 0 Å². The lowest BCUT2D eigenvalue weighted by molar-refractivity contribution is 0.0669. The minimum atomic E-state index is -3.05. The Hall–Kier alpha value is -0.130. The SMILES string of the molecule is CC(C)S(=O)(=O)N1CCC2C(CCCN2C)C1. The van der Waals surface area contributed by atoms with Crippen LogP contribution in [0.3, 0.4) is 0 Å². The largest absolute Gasteiger partial charge is 0.303 e. The molecule has 17 heavy (non-hydrogen) atoms. The minimum absolute atomic E-state index is 0.291. The summed E-state index contributed by atoms with van der Waals surface area (Å²) in [5.41, 5.74) is 0. The molecule has 2 heterocycles. The van der Waals surface area contributed by atoms with Gasteiger partial charge in [-0.3, -0.25) is 0 Å². The molecule has 0 bridgehead atoms. The van der Waals surface area contributed by atoms with Crippen molar-refractivity contribution in [3.05, 3.63) is 0 Å². The zero-order valence-electron chi connectivity index (χ0n) is 11.1. The Morgan fingerprint density at radius 3 is 2.53 bits per heavy atom. The average molecular weight is 260 g/mol. The maximum atomic E-state index is 12.2. The molecule has 2 fully saturated rings. The lowest BCUT2D eigenvalue weighted by atomic mass is 9.85. The Morgan fingerprint density at radius 2 is 1.88 bits per heavy atom. The molecule has 0 radical (unpaired) electrons. The van der Waals surface area contributed by atoms with Gasteiger partial charge in [0.15, 0.2) is 0 Å². The third-order valence-corrected chi connectivity index (χ3v) is 6.51. The van der Waals surface area contributed by atoms with Gasteiger partial charge in [0.2, 0.25) is 10.0 Å². The van der Waals surface area contributed by atoms with E-state index in [1.807, 2.05) is 0 Å². The standard InChI is InChI=1S/C12H24N2O2S/c1-10(2)17(15,16)14-8-6-12-11(9-14)5-4-7-13(12)3/h10-12H,4-9H2,1-3H3. The van der Waals surface area contributed by atoms with Gasteiger partial charge in [-0.15, -0.1) is 0 Å². The summed E-state index contributed by atoms with van der Waals surface area (Å²) >= 11 is 0. The second-order valence-corrected chi connectivity index (χ2v) is 8.18. The van der Waals surface area contributed by atoms with Crippen molar-refractivity contribution in [1.29, 1.82) is 0 Å². The second kappa shape index (κ2) is 4.86. The van der Waals surface area contributed by atoms with Crippen LogP contribution in [0.25, 0.3) is 0 Å². The molecule has 0 aromatic carbocycles. The Labute approximate surface area is 105 Å². The van der Waals surface area contributed by atoms with E-state index in [0.717, 1.165) is 19.5 Å². The molecular formula is C12H24N2O2S. The van der Waals surface area contributed by atoms with Gasteiger partial charge in [-0.05, 0) is 52.6 Å². The monoisotopic (exact) mass is 260 g/mol. The summed E-state index contributed by atoms with van der Waals surface area (Å²) < 4.78 is 26.0. The molecule has 2 unspecified atom stereocenters. The van der Waals surface area contributed by atoms with E-state index in [2.05, 4.69) is 11.9 Å². The molecule has 5 heteroatoms. The van der Waals surface area contributed by atoms with Gasteiger partial charge in [0.05, 0.1) is 5.25 Å². The molecule has 4 nitrogen and oxygen atoms in total. The lowest BCUT2D eigenvalue weighted by Gasteiger charge is -2.45. The highest BCUT2D eigenvalue weighted by molar-refractivity contribution is 7.89. The highest BCUT2D eigenvalue weighted by Gasteiger charge is 2.38. The maximum Gasteiger partial charge on any atom is 0.216 e. The van der Waals surface area contributed by atoms with Crippen LogP contribution in [0.15, 0.2) is 0 Å². The Kier molecular flexibility index (Phi) is 3.80. The van der Waals surface area contributed by atoms with Crippen LogP contribution in [0.4, 0.5) is 0 Å². The fourth-order valence-corrected chi connectivity index (χ4v) is 4.50. The molecule has 0 spiro atoms.